The summed E-state index contributed by atoms with van der Waals surface area (Å²) < 4.78 is 13.4. The van der Waals surface area contributed by atoms with Gasteiger partial charge in [0.1, 0.15) is 6.61 Å². The maximum absolute atomic E-state index is 12.7. The summed E-state index contributed by atoms with van der Waals surface area (Å²) in [5.74, 6) is 1.76. The maximum Gasteiger partial charge on any atom is 0.233 e. The van der Waals surface area contributed by atoms with Gasteiger partial charge in [0.05, 0.1) is 17.8 Å². The van der Waals surface area contributed by atoms with Crippen LogP contribution in [0.25, 0.3) is 0 Å². The second-order valence-corrected chi connectivity index (χ2v) is 8.21. The Kier molecular flexibility index (Phi) is 5.88. The lowest BCUT2D eigenvalue weighted by Crippen LogP contribution is -2.44. The number of tetrazole rings is 1. The molecule has 1 aromatic heterocycles. The third-order valence-corrected chi connectivity index (χ3v) is 5.03. The van der Waals surface area contributed by atoms with Gasteiger partial charge in [0.25, 0.3) is 0 Å². The summed E-state index contributed by atoms with van der Waals surface area (Å²) >= 11 is 1.35. The molecule has 1 aliphatic heterocycles. The number of nitrogens with zero attached hydrogens (tertiary/aromatic N) is 5. The first-order valence-electron chi connectivity index (χ1n) is 8.96. The molecule has 1 amide bonds. The van der Waals surface area contributed by atoms with Crippen LogP contribution in [0, 0.1) is 0 Å². The van der Waals surface area contributed by atoms with E-state index in [0.29, 0.717) is 24.9 Å². The first kappa shape index (κ1) is 19.5. The number of hydrogen-bond donors (Lipinski definition) is 0. The van der Waals surface area contributed by atoms with Crippen molar-refractivity contribution in [2.45, 2.75) is 44.5 Å². The van der Waals surface area contributed by atoms with Crippen LogP contribution in [0.1, 0.15) is 27.7 Å². The highest BCUT2D eigenvalue weighted by molar-refractivity contribution is 7.99. The van der Waals surface area contributed by atoms with Crippen LogP contribution in [-0.2, 0) is 10.3 Å². The number of fused-ring (bicyclic) bond motifs is 1. The van der Waals surface area contributed by atoms with E-state index in [-0.39, 0.29) is 23.3 Å². The molecular formula is C18H25N5O3S. The standard InChI is InChI=1S/C18H25N5O3S/c1-5-22(10-13-11-25-14-8-6-7-9-15(14)26-13)16(24)12-27-17-19-20-21-23(17)18(2,3)4/h6-9,13H,5,10-12H2,1-4H3/t13-/m0/s1. The van der Waals surface area contributed by atoms with Gasteiger partial charge in [-0.15, -0.1) is 5.10 Å². The van der Waals surface area contributed by atoms with Crippen LogP contribution < -0.4 is 9.47 Å². The molecule has 0 N–H and O–H groups in total. The first-order valence-corrected chi connectivity index (χ1v) is 9.95. The van der Waals surface area contributed by atoms with Crippen molar-refractivity contribution < 1.29 is 14.3 Å². The highest BCUT2D eigenvalue weighted by atomic mass is 32.2. The van der Waals surface area contributed by atoms with Crippen molar-refractivity contribution in [3.8, 4) is 11.5 Å². The number of carbonyl (C=O) groups excluding carboxylic acids is 1. The van der Waals surface area contributed by atoms with E-state index in [1.807, 2.05) is 52.0 Å². The Morgan fingerprint density at radius 1 is 1.33 bits per heavy atom. The van der Waals surface area contributed by atoms with E-state index >= 15 is 0 Å². The molecule has 0 unspecified atom stereocenters. The Hall–Kier alpha value is -2.29. The number of likely N-dealkylation sites (N-methyl/N-ethyl adjacent to an activating group) is 1. The summed E-state index contributed by atoms with van der Waals surface area (Å²) in [5.41, 5.74) is -0.236. The van der Waals surface area contributed by atoms with E-state index in [1.54, 1.807) is 9.58 Å². The molecule has 27 heavy (non-hydrogen) atoms. The Morgan fingerprint density at radius 2 is 2.07 bits per heavy atom. The van der Waals surface area contributed by atoms with Crippen LogP contribution in [0.3, 0.4) is 0 Å². The predicted molar refractivity (Wildman–Crippen MR) is 102 cm³/mol. The minimum atomic E-state index is -0.236. The van der Waals surface area contributed by atoms with Gasteiger partial charge in [-0.3, -0.25) is 4.79 Å². The zero-order chi connectivity index (χ0) is 19.4. The molecule has 2 aromatic rings. The van der Waals surface area contributed by atoms with Gasteiger partial charge in [-0.1, -0.05) is 23.9 Å². The quantitative estimate of drug-likeness (QED) is 0.698. The molecule has 0 bridgehead atoms. The fourth-order valence-electron chi connectivity index (χ4n) is 2.71. The summed E-state index contributed by atoms with van der Waals surface area (Å²) in [5, 5.41) is 12.4. The third-order valence-electron chi connectivity index (χ3n) is 4.13. The molecule has 2 heterocycles. The molecule has 0 fully saturated rings. The van der Waals surface area contributed by atoms with Crippen molar-refractivity contribution in [2.24, 2.45) is 0 Å². The number of ether oxygens (including phenoxy) is 2. The minimum Gasteiger partial charge on any atom is -0.486 e. The normalized spacial score (nSPS) is 16.2. The van der Waals surface area contributed by atoms with Crippen molar-refractivity contribution in [2.75, 3.05) is 25.4 Å². The number of benzene rings is 1. The van der Waals surface area contributed by atoms with Gasteiger partial charge in [-0.25, -0.2) is 4.68 Å². The molecule has 0 saturated heterocycles. The summed E-state index contributed by atoms with van der Waals surface area (Å²) in [7, 11) is 0. The molecule has 9 heteroatoms. The summed E-state index contributed by atoms with van der Waals surface area (Å²) in [6.45, 7) is 9.53. The highest BCUT2D eigenvalue weighted by Gasteiger charge is 2.26. The van der Waals surface area contributed by atoms with Crippen LogP contribution in [0.15, 0.2) is 29.4 Å². The summed E-state index contributed by atoms with van der Waals surface area (Å²) in [6.07, 6.45) is -0.186. The number of para-hydroxylation sites is 2. The average Bonchev–Trinajstić information content (AvgIpc) is 3.13. The summed E-state index contributed by atoms with van der Waals surface area (Å²) in [6, 6.07) is 7.57. The summed E-state index contributed by atoms with van der Waals surface area (Å²) in [4.78, 5) is 14.5. The molecule has 0 saturated carbocycles. The molecule has 0 spiro atoms. The predicted octanol–water partition coefficient (Wildman–Crippen LogP) is 2.21. The van der Waals surface area contributed by atoms with Crippen molar-refractivity contribution >= 4 is 17.7 Å². The lowest BCUT2D eigenvalue weighted by molar-refractivity contribution is -0.129. The van der Waals surface area contributed by atoms with Gasteiger partial charge < -0.3 is 14.4 Å². The van der Waals surface area contributed by atoms with E-state index in [4.69, 9.17) is 9.47 Å². The van der Waals surface area contributed by atoms with E-state index in [2.05, 4.69) is 15.5 Å². The smallest absolute Gasteiger partial charge is 0.233 e. The second kappa shape index (κ2) is 8.16. The molecular weight excluding hydrogens is 366 g/mol. The van der Waals surface area contributed by atoms with Gasteiger partial charge in [0.15, 0.2) is 17.6 Å². The lowest BCUT2D eigenvalue weighted by atomic mass is 10.1. The van der Waals surface area contributed by atoms with E-state index in [1.165, 1.54) is 11.8 Å². The fourth-order valence-corrected chi connectivity index (χ4v) is 3.68. The number of aromatic nitrogens is 4. The molecule has 0 aliphatic carbocycles. The molecule has 1 aromatic carbocycles. The van der Waals surface area contributed by atoms with Crippen LogP contribution in [-0.4, -0.2) is 62.6 Å². The molecule has 1 atom stereocenters. The van der Waals surface area contributed by atoms with Crippen molar-refractivity contribution in [3.63, 3.8) is 0 Å². The third kappa shape index (κ3) is 4.71. The number of thioether (sulfide) groups is 1. The zero-order valence-corrected chi connectivity index (χ0v) is 16.9. The van der Waals surface area contributed by atoms with Crippen LogP contribution in [0.2, 0.25) is 0 Å². The fraction of sp³-hybridized carbons (Fsp3) is 0.556. The maximum atomic E-state index is 12.7. The molecule has 3 rings (SSSR count). The van der Waals surface area contributed by atoms with E-state index < -0.39 is 0 Å². The minimum absolute atomic E-state index is 0.0217. The monoisotopic (exact) mass is 391 g/mol. The number of hydrogen-bond acceptors (Lipinski definition) is 7. The average molecular weight is 391 g/mol. The van der Waals surface area contributed by atoms with Crippen LogP contribution >= 0.6 is 11.8 Å². The largest absolute Gasteiger partial charge is 0.486 e. The Balaban J connectivity index is 1.57. The zero-order valence-electron chi connectivity index (χ0n) is 16.1. The van der Waals surface area contributed by atoms with Crippen molar-refractivity contribution in [1.82, 2.24) is 25.1 Å². The Morgan fingerprint density at radius 3 is 2.78 bits per heavy atom. The molecule has 8 nitrogen and oxygen atoms in total. The van der Waals surface area contributed by atoms with Crippen LogP contribution in [0.5, 0.6) is 11.5 Å². The topological polar surface area (TPSA) is 82.4 Å². The van der Waals surface area contributed by atoms with Gasteiger partial charge >= 0.3 is 0 Å². The Labute approximate surface area is 163 Å². The molecule has 146 valence electrons. The van der Waals surface area contributed by atoms with Crippen molar-refractivity contribution in [1.29, 1.82) is 0 Å². The molecule has 1 aliphatic rings. The second-order valence-electron chi connectivity index (χ2n) is 7.26. The van der Waals surface area contributed by atoms with Gasteiger partial charge in [0.2, 0.25) is 11.1 Å². The lowest BCUT2D eigenvalue weighted by Gasteiger charge is -2.30. The van der Waals surface area contributed by atoms with Crippen molar-refractivity contribution in [3.05, 3.63) is 24.3 Å². The molecule has 0 radical (unpaired) electrons. The van der Waals surface area contributed by atoms with Gasteiger partial charge in [0, 0.05) is 6.54 Å². The number of amides is 1. The number of carbonyl (C=O) groups is 1. The van der Waals surface area contributed by atoms with E-state index in [9.17, 15) is 4.79 Å². The van der Waals surface area contributed by atoms with Crippen LogP contribution in [0.4, 0.5) is 0 Å². The van der Waals surface area contributed by atoms with Gasteiger partial charge in [-0.2, -0.15) is 0 Å². The Bertz CT molecular complexity index is 789. The van der Waals surface area contributed by atoms with E-state index in [0.717, 1.165) is 11.5 Å². The first-order chi connectivity index (χ1) is 12.9. The SMILES string of the molecule is CCN(C[C@H]1COc2ccccc2O1)C(=O)CSc1nnnn1C(C)(C)C. The van der Waals surface area contributed by atoms with Gasteiger partial charge in [-0.05, 0) is 50.3 Å². The highest BCUT2D eigenvalue weighted by Crippen LogP contribution is 2.31. The number of rotatable bonds is 6.